The van der Waals surface area contributed by atoms with Crippen molar-refractivity contribution in [1.29, 1.82) is 0 Å². The Morgan fingerprint density at radius 3 is 2.77 bits per heavy atom. The van der Waals surface area contributed by atoms with Crippen molar-refractivity contribution < 1.29 is 5.21 Å². The zero-order chi connectivity index (χ0) is 10.1. The monoisotopic (exact) mass is 182 g/mol. The quantitative estimate of drug-likeness (QED) is 0.226. The number of amidine groups is 1. The lowest BCUT2D eigenvalue weighted by Crippen LogP contribution is -2.26. The molecule has 3 heteroatoms. The molecule has 0 heterocycles. The largest absolute Gasteiger partial charge is 0.409 e. The van der Waals surface area contributed by atoms with Crippen molar-refractivity contribution in [3.63, 3.8) is 0 Å². The lowest BCUT2D eigenvalue weighted by molar-refractivity contribution is 0.287. The Balaban J connectivity index is 2.66. The fourth-order valence-corrected chi connectivity index (χ4v) is 1.83. The predicted molar refractivity (Wildman–Crippen MR) is 53.7 cm³/mol. The van der Waals surface area contributed by atoms with E-state index >= 15 is 0 Å². The third-order valence-corrected chi connectivity index (χ3v) is 3.33. The van der Waals surface area contributed by atoms with Crippen LogP contribution in [0, 0.1) is 11.3 Å². The summed E-state index contributed by atoms with van der Waals surface area (Å²) in [7, 11) is 0. The number of oxime groups is 1. The third kappa shape index (κ3) is 1.85. The van der Waals surface area contributed by atoms with E-state index in [9.17, 15) is 0 Å². The Morgan fingerprint density at radius 2 is 2.38 bits per heavy atom. The predicted octanol–water partition coefficient (Wildman–Crippen LogP) is 2.12. The SMILES string of the molecule is CC1=CCC(C/C(N)=N/O)C1(C)C. The average molecular weight is 182 g/mol. The molecule has 0 radical (unpaired) electrons. The molecule has 74 valence electrons. The van der Waals surface area contributed by atoms with Crippen LogP contribution in [0.2, 0.25) is 0 Å². The first-order chi connectivity index (χ1) is 5.98. The maximum absolute atomic E-state index is 8.48. The van der Waals surface area contributed by atoms with Gasteiger partial charge in [0.15, 0.2) is 0 Å². The molecule has 0 amide bonds. The molecule has 0 spiro atoms. The topological polar surface area (TPSA) is 58.6 Å². The first kappa shape index (κ1) is 10.1. The zero-order valence-electron chi connectivity index (χ0n) is 8.54. The second-order valence-corrected chi connectivity index (χ2v) is 4.34. The van der Waals surface area contributed by atoms with Crippen molar-refractivity contribution in [1.82, 2.24) is 0 Å². The highest BCUT2D eigenvalue weighted by molar-refractivity contribution is 5.80. The summed E-state index contributed by atoms with van der Waals surface area (Å²) in [6.45, 7) is 6.56. The molecule has 3 nitrogen and oxygen atoms in total. The molecule has 0 saturated heterocycles. The van der Waals surface area contributed by atoms with Gasteiger partial charge in [-0.3, -0.25) is 0 Å². The Labute approximate surface area is 79.3 Å². The molecule has 0 aliphatic heterocycles. The highest BCUT2D eigenvalue weighted by Gasteiger charge is 2.35. The van der Waals surface area contributed by atoms with Gasteiger partial charge in [-0.2, -0.15) is 0 Å². The van der Waals surface area contributed by atoms with E-state index in [4.69, 9.17) is 10.9 Å². The van der Waals surface area contributed by atoms with Crippen LogP contribution < -0.4 is 5.73 Å². The van der Waals surface area contributed by atoms with E-state index in [2.05, 4.69) is 32.0 Å². The highest BCUT2D eigenvalue weighted by atomic mass is 16.4. The van der Waals surface area contributed by atoms with Crippen molar-refractivity contribution in [3.8, 4) is 0 Å². The van der Waals surface area contributed by atoms with E-state index in [1.807, 2.05) is 0 Å². The van der Waals surface area contributed by atoms with Crippen molar-refractivity contribution >= 4 is 5.84 Å². The molecule has 0 saturated carbocycles. The molecule has 13 heavy (non-hydrogen) atoms. The van der Waals surface area contributed by atoms with E-state index in [1.54, 1.807) is 0 Å². The van der Waals surface area contributed by atoms with Crippen LogP contribution in [0.3, 0.4) is 0 Å². The van der Waals surface area contributed by atoms with Gasteiger partial charge in [0.1, 0.15) is 5.84 Å². The van der Waals surface area contributed by atoms with Gasteiger partial charge < -0.3 is 10.9 Å². The van der Waals surface area contributed by atoms with Crippen LogP contribution in [0.25, 0.3) is 0 Å². The second-order valence-electron chi connectivity index (χ2n) is 4.34. The third-order valence-electron chi connectivity index (χ3n) is 3.33. The van der Waals surface area contributed by atoms with Gasteiger partial charge in [0.25, 0.3) is 0 Å². The Morgan fingerprint density at radius 1 is 1.77 bits per heavy atom. The van der Waals surface area contributed by atoms with Crippen LogP contribution in [0.5, 0.6) is 0 Å². The van der Waals surface area contributed by atoms with Crippen LogP contribution in [0.15, 0.2) is 16.8 Å². The molecule has 0 aromatic heterocycles. The maximum Gasteiger partial charge on any atom is 0.139 e. The van der Waals surface area contributed by atoms with Gasteiger partial charge in [0.2, 0.25) is 0 Å². The van der Waals surface area contributed by atoms with Crippen LogP contribution in [-0.4, -0.2) is 11.0 Å². The molecule has 1 unspecified atom stereocenters. The van der Waals surface area contributed by atoms with Gasteiger partial charge in [0, 0.05) is 6.42 Å². The first-order valence-corrected chi connectivity index (χ1v) is 4.62. The summed E-state index contributed by atoms with van der Waals surface area (Å²) in [6, 6.07) is 0. The number of nitrogens with two attached hydrogens (primary N) is 1. The minimum atomic E-state index is 0.190. The summed E-state index contributed by atoms with van der Waals surface area (Å²) in [5, 5.41) is 11.5. The van der Waals surface area contributed by atoms with Crippen LogP contribution in [0.1, 0.15) is 33.6 Å². The van der Waals surface area contributed by atoms with E-state index in [0.29, 0.717) is 18.2 Å². The molecule has 0 fully saturated rings. The minimum absolute atomic E-state index is 0.190. The normalized spacial score (nSPS) is 27.5. The average Bonchev–Trinajstić information content (AvgIpc) is 2.31. The fraction of sp³-hybridized carbons (Fsp3) is 0.700. The van der Waals surface area contributed by atoms with Crippen LogP contribution in [-0.2, 0) is 0 Å². The molecule has 1 rings (SSSR count). The summed E-state index contributed by atoms with van der Waals surface area (Å²) < 4.78 is 0. The number of rotatable bonds is 2. The van der Waals surface area contributed by atoms with Gasteiger partial charge in [-0.15, -0.1) is 0 Å². The van der Waals surface area contributed by atoms with Gasteiger partial charge in [-0.25, -0.2) is 0 Å². The van der Waals surface area contributed by atoms with Gasteiger partial charge in [-0.1, -0.05) is 30.7 Å². The van der Waals surface area contributed by atoms with Crippen molar-refractivity contribution in [2.75, 3.05) is 0 Å². The second kappa shape index (κ2) is 3.40. The number of allylic oxidation sites excluding steroid dienone is 2. The Bertz CT molecular complexity index is 254. The van der Waals surface area contributed by atoms with E-state index in [-0.39, 0.29) is 5.41 Å². The summed E-state index contributed by atoms with van der Waals surface area (Å²) >= 11 is 0. The first-order valence-electron chi connectivity index (χ1n) is 4.62. The molecule has 1 aliphatic carbocycles. The number of nitrogens with zero attached hydrogens (tertiary/aromatic N) is 1. The van der Waals surface area contributed by atoms with Gasteiger partial charge >= 0.3 is 0 Å². The summed E-state index contributed by atoms with van der Waals surface area (Å²) in [4.78, 5) is 0. The summed E-state index contributed by atoms with van der Waals surface area (Å²) in [5.41, 5.74) is 7.09. The summed E-state index contributed by atoms with van der Waals surface area (Å²) in [6.07, 6.45) is 3.96. The Hall–Kier alpha value is -0.990. The van der Waals surface area contributed by atoms with Crippen molar-refractivity contribution in [2.45, 2.75) is 33.6 Å². The van der Waals surface area contributed by atoms with E-state index in [0.717, 1.165) is 6.42 Å². The zero-order valence-corrected chi connectivity index (χ0v) is 8.54. The maximum atomic E-state index is 8.48. The van der Waals surface area contributed by atoms with E-state index in [1.165, 1.54) is 5.57 Å². The van der Waals surface area contributed by atoms with Crippen molar-refractivity contribution in [3.05, 3.63) is 11.6 Å². The molecule has 0 bridgehead atoms. The number of hydrogen-bond donors (Lipinski definition) is 2. The van der Waals surface area contributed by atoms with E-state index < -0.39 is 0 Å². The smallest absolute Gasteiger partial charge is 0.139 e. The van der Waals surface area contributed by atoms with Crippen LogP contribution in [0.4, 0.5) is 0 Å². The lowest BCUT2D eigenvalue weighted by Gasteiger charge is -2.29. The summed E-state index contributed by atoms with van der Waals surface area (Å²) in [5.74, 6) is 0.810. The lowest BCUT2D eigenvalue weighted by atomic mass is 9.76. The van der Waals surface area contributed by atoms with Crippen molar-refractivity contribution in [2.24, 2.45) is 22.2 Å². The number of hydrogen-bond acceptors (Lipinski definition) is 2. The van der Waals surface area contributed by atoms with Gasteiger partial charge in [0.05, 0.1) is 0 Å². The molecule has 0 aromatic rings. The molecule has 1 atom stereocenters. The van der Waals surface area contributed by atoms with Gasteiger partial charge in [-0.05, 0) is 24.7 Å². The molecule has 1 aliphatic rings. The molecular formula is C10H18N2O. The highest BCUT2D eigenvalue weighted by Crippen LogP contribution is 2.44. The molecule has 3 N–H and O–H groups in total. The minimum Gasteiger partial charge on any atom is -0.409 e. The van der Waals surface area contributed by atoms with Crippen LogP contribution >= 0.6 is 0 Å². The standard InChI is InChI=1S/C10H18N2O/c1-7-4-5-8(10(7,2)3)6-9(11)12-13/h4,8,13H,5-6H2,1-3H3,(H2,11,12). The Kier molecular flexibility index (Phi) is 2.64. The molecule has 0 aromatic carbocycles. The fourth-order valence-electron chi connectivity index (χ4n) is 1.83. The molecular weight excluding hydrogens is 164 g/mol.